The Balaban J connectivity index is 0.00000192. The van der Waals surface area contributed by atoms with E-state index in [1.807, 2.05) is 18.2 Å². The number of aromatic nitrogens is 4. The molecule has 0 amide bonds. The van der Waals surface area contributed by atoms with Crippen molar-refractivity contribution in [1.82, 2.24) is 25.5 Å². The van der Waals surface area contributed by atoms with Gasteiger partial charge in [0.2, 0.25) is 5.88 Å². The van der Waals surface area contributed by atoms with E-state index in [2.05, 4.69) is 25.5 Å². The fraction of sp³-hybridized carbons (Fsp3) is 0.450. The second kappa shape index (κ2) is 7.66. The molecule has 3 N–H and O–H groups in total. The minimum Gasteiger partial charge on any atom is -0.471 e. The molecule has 7 nitrogen and oxygen atoms in total. The van der Waals surface area contributed by atoms with Crippen LogP contribution in [0.3, 0.4) is 0 Å². The molecular formula is C20H24ClN5O2. The Morgan fingerprint density at radius 2 is 2.11 bits per heavy atom. The van der Waals surface area contributed by atoms with Crippen molar-refractivity contribution in [2.75, 3.05) is 19.7 Å². The summed E-state index contributed by atoms with van der Waals surface area (Å²) in [4.78, 5) is 9.02. The zero-order chi connectivity index (χ0) is 18.3. The maximum Gasteiger partial charge on any atom is 0.233 e. The number of H-pyrrole nitrogens is 1. The number of aliphatic hydroxyl groups excluding tert-OH is 1. The number of piperidine rings is 1. The van der Waals surface area contributed by atoms with Gasteiger partial charge < -0.3 is 15.2 Å². The summed E-state index contributed by atoms with van der Waals surface area (Å²) in [5.74, 6) is 0.551. The number of benzene rings is 1. The van der Waals surface area contributed by atoms with E-state index in [9.17, 15) is 5.11 Å². The standard InChI is InChI=1S/C20H23N5O2.ClH/c26-8-3-13-1-2-15-14(9-13)19(25-24-15)16-10-22-12-18(23-16)27-17-11-21-7-6-20(17)4-5-20;/h1-2,9-10,12,17,21,26H,3-8,11H2,(H,24,25);1H/t17-;/m0./s1. The first-order chi connectivity index (χ1) is 13.3. The number of fused-ring (bicyclic) bond motifs is 1. The number of aliphatic hydroxyl groups is 1. The predicted molar refractivity (Wildman–Crippen MR) is 109 cm³/mol. The lowest BCUT2D eigenvalue weighted by Gasteiger charge is -2.32. The third-order valence-corrected chi connectivity index (χ3v) is 5.85. The molecule has 0 unspecified atom stereocenters. The highest BCUT2D eigenvalue weighted by Gasteiger charge is 2.52. The Morgan fingerprint density at radius 3 is 2.93 bits per heavy atom. The van der Waals surface area contributed by atoms with Crippen LogP contribution in [-0.2, 0) is 6.42 Å². The molecule has 1 spiro atoms. The number of hydrogen-bond acceptors (Lipinski definition) is 6. The lowest BCUT2D eigenvalue weighted by atomic mass is 9.92. The molecule has 1 saturated heterocycles. The van der Waals surface area contributed by atoms with Crippen LogP contribution in [0, 0.1) is 5.41 Å². The van der Waals surface area contributed by atoms with Gasteiger partial charge in [-0.25, -0.2) is 4.98 Å². The largest absolute Gasteiger partial charge is 0.471 e. The average molecular weight is 402 g/mol. The van der Waals surface area contributed by atoms with E-state index in [4.69, 9.17) is 4.74 Å². The van der Waals surface area contributed by atoms with E-state index in [0.717, 1.165) is 35.2 Å². The van der Waals surface area contributed by atoms with Crippen LogP contribution < -0.4 is 10.1 Å². The maximum atomic E-state index is 9.20. The van der Waals surface area contributed by atoms with Crippen LogP contribution in [0.4, 0.5) is 0 Å². The van der Waals surface area contributed by atoms with E-state index in [1.165, 1.54) is 19.3 Å². The SMILES string of the molecule is Cl.OCCc1ccc2[nH]nc(-c3cncc(O[C@H]4CNCCC45CC5)n3)c2c1. The van der Waals surface area contributed by atoms with Crippen molar-refractivity contribution in [3.63, 3.8) is 0 Å². The Hall–Kier alpha value is -2.22. The van der Waals surface area contributed by atoms with Gasteiger partial charge in [-0.2, -0.15) is 5.10 Å². The van der Waals surface area contributed by atoms with Crippen molar-refractivity contribution in [2.45, 2.75) is 31.8 Å². The summed E-state index contributed by atoms with van der Waals surface area (Å²) in [6.07, 6.45) is 7.82. The van der Waals surface area contributed by atoms with Gasteiger partial charge in [0, 0.05) is 24.0 Å². The Labute approximate surface area is 169 Å². The third-order valence-electron chi connectivity index (χ3n) is 5.85. The molecule has 8 heteroatoms. The molecule has 1 atom stereocenters. The summed E-state index contributed by atoms with van der Waals surface area (Å²) >= 11 is 0. The second-order valence-electron chi connectivity index (χ2n) is 7.59. The summed E-state index contributed by atoms with van der Waals surface area (Å²) < 4.78 is 6.24. The number of nitrogens with one attached hydrogen (secondary N) is 2. The number of hydrogen-bond donors (Lipinski definition) is 3. The van der Waals surface area contributed by atoms with Crippen LogP contribution in [0.15, 0.2) is 30.6 Å². The van der Waals surface area contributed by atoms with Crippen LogP contribution in [0.2, 0.25) is 0 Å². The van der Waals surface area contributed by atoms with Crippen molar-refractivity contribution in [1.29, 1.82) is 0 Å². The van der Waals surface area contributed by atoms with Crippen molar-refractivity contribution in [3.05, 3.63) is 36.2 Å². The Bertz CT molecular complexity index is 972. The monoisotopic (exact) mass is 401 g/mol. The lowest BCUT2D eigenvalue weighted by molar-refractivity contribution is 0.0844. The molecule has 3 heterocycles. The third kappa shape index (κ3) is 3.45. The quantitative estimate of drug-likeness (QED) is 0.608. The normalized spacial score (nSPS) is 20.1. The fourth-order valence-corrected chi connectivity index (χ4v) is 4.05. The first kappa shape index (κ1) is 19.1. The average Bonchev–Trinajstić information content (AvgIpc) is 3.33. The molecule has 2 aliphatic rings. The molecule has 148 valence electrons. The van der Waals surface area contributed by atoms with E-state index < -0.39 is 0 Å². The molecule has 1 saturated carbocycles. The number of ether oxygens (including phenoxy) is 1. The molecule has 2 fully saturated rings. The van der Waals surface area contributed by atoms with Crippen molar-refractivity contribution >= 4 is 23.3 Å². The lowest BCUT2D eigenvalue weighted by Crippen LogP contribution is -2.45. The number of rotatable bonds is 5. The van der Waals surface area contributed by atoms with E-state index in [1.54, 1.807) is 12.4 Å². The van der Waals surface area contributed by atoms with E-state index in [-0.39, 0.29) is 25.1 Å². The van der Waals surface area contributed by atoms with E-state index >= 15 is 0 Å². The molecule has 1 aromatic carbocycles. The van der Waals surface area contributed by atoms with Crippen LogP contribution in [0.5, 0.6) is 5.88 Å². The van der Waals surface area contributed by atoms with Crippen LogP contribution in [-0.4, -0.2) is 51.1 Å². The fourth-order valence-electron chi connectivity index (χ4n) is 4.05. The summed E-state index contributed by atoms with van der Waals surface area (Å²) in [6.45, 7) is 2.06. The van der Waals surface area contributed by atoms with Gasteiger partial charge in [0.05, 0.1) is 17.9 Å². The molecule has 1 aliphatic heterocycles. The van der Waals surface area contributed by atoms with Gasteiger partial charge in [-0.1, -0.05) is 6.07 Å². The maximum absolute atomic E-state index is 9.20. The van der Waals surface area contributed by atoms with Gasteiger partial charge in [0.1, 0.15) is 17.5 Å². The van der Waals surface area contributed by atoms with Gasteiger partial charge in [-0.3, -0.25) is 10.1 Å². The van der Waals surface area contributed by atoms with Crippen molar-refractivity contribution < 1.29 is 9.84 Å². The molecule has 1 aliphatic carbocycles. The predicted octanol–water partition coefficient (Wildman–Crippen LogP) is 2.50. The van der Waals surface area contributed by atoms with Crippen LogP contribution >= 0.6 is 12.4 Å². The highest BCUT2D eigenvalue weighted by molar-refractivity contribution is 5.92. The van der Waals surface area contributed by atoms with Crippen molar-refractivity contribution in [2.24, 2.45) is 5.41 Å². The molecule has 2 aromatic heterocycles. The molecule has 0 radical (unpaired) electrons. The molecule has 3 aromatic rings. The van der Waals surface area contributed by atoms with Crippen LogP contribution in [0.1, 0.15) is 24.8 Å². The molecule has 0 bridgehead atoms. The zero-order valence-electron chi connectivity index (χ0n) is 15.5. The first-order valence-corrected chi connectivity index (χ1v) is 9.55. The second-order valence-corrected chi connectivity index (χ2v) is 7.59. The Morgan fingerprint density at radius 1 is 1.21 bits per heavy atom. The zero-order valence-corrected chi connectivity index (χ0v) is 16.3. The number of aromatic amines is 1. The highest BCUT2D eigenvalue weighted by atomic mass is 35.5. The topological polar surface area (TPSA) is 96.0 Å². The van der Waals surface area contributed by atoms with Crippen LogP contribution in [0.25, 0.3) is 22.3 Å². The smallest absolute Gasteiger partial charge is 0.233 e. The highest BCUT2D eigenvalue weighted by Crippen LogP contribution is 2.53. The molecular weight excluding hydrogens is 378 g/mol. The summed E-state index contributed by atoms with van der Waals surface area (Å²) in [7, 11) is 0. The molecule has 5 rings (SSSR count). The van der Waals surface area contributed by atoms with Gasteiger partial charge in [-0.15, -0.1) is 12.4 Å². The Kier molecular flexibility index (Phi) is 5.23. The summed E-state index contributed by atoms with van der Waals surface area (Å²) in [5, 5.41) is 21.1. The number of halogens is 1. The van der Waals surface area contributed by atoms with E-state index in [0.29, 0.717) is 23.4 Å². The van der Waals surface area contributed by atoms with Gasteiger partial charge in [0.25, 0.3) is 0 Å². The minimum absolute atomic E-state index is 0. The minimum atomic E-state index is 0. The van der Waals surface area contributed by atoms with Gasteiger partial charge in [-0.05, 0) is 49.9 Å². The van der Waals surface area contributed by atoms with Gasteiger partial charge >= 0.3 is 0 Å². The van der Waals surface area contributed by atoms with Crippen molar-refractivity contribution in [3.8, 4) is 17.3 Å². The first-order valence-electron chi connectivity index (χ1n) is 9.55. The summed E-state index contributed by atoms with van der Waals surface area (Å²) in [5.41, 5.74) is 3.78. The van der Waals surface area contributed by atoms with Gasteiger partial charge in [0.15, 0.2) is 0 Å². The number of nitrogens with zero attached hydrogens (tertiary/aromatic N) is 3. The summed E-state index contributed by atoms with van der Waals surface area (Å²) in [6, 6.07) is 6.02. The molecule has 28 heavy (non-hydrogen) atoms.